The van der Waals surface area contributed by atoms with Gasteiger partial charge in [-0.3, -0.25) is 4.79 Å². The van der Waals surface area contributed by atoms with Crippen LogP contribution in [-0.4, -0.2) is 83.2 Å². The van der Waals surface area contributed by atoms with Crippen LogP contribution in [0, 0.1) is 0 Å². The summed E-state index contributed by atoms with van der Waals surface area (Å²) in [6.07, 6.45) is 1.72. The second kappa shape index (κ2) is 7.82. The molecule has 0 saturated carbocycles. The molecule has 2 aromatic heterocycles. The minimum absolute atomic E-state index is 0.189. The number of fused-ring (bicyclic) bond motifs is 1. The van der Waals surface area contributed by atoms with E-state index in [2.05, 4.69) is 15.0 Å². The Morgan fingerprint density at radius 2 is 2.15 bits per heavy atom. The molecular weight excluding hydrogens is 378 g/mol. The average molecular weight is 400 g/mol. The molecule has 0 aliphatic carbocycles. The van der Waals surface area contributed by atoms with Crippen molar-refractivity contribution in [3.8, 4) is 0 Å². The van der Waals surface area contributed by atoms with Gasteiger partial charge in [0.25, 0.3) is 0 Å². The topological polar surface area (TPSA) is 186 Å². The minimum atomic E-state index is -1.33. The standard InChI is InChI=1S/C14H21N7O5S/c1-27(3-2-7(15)14(24)25)4-8-10(22)13(23)21(26-8)20-6-19-9-11(16)17-5-18-12(9)20/h5-8,10,13,22-23H,2-4,15H2,1H3,(H2-,16,17,18,24,25)/p+1/t7-,8+,10+,13+,27?/m0/s1. The molecule has 27 heavy (non-hydrogen) atoms. The Balaban J connectivity index is 1.68. The van der Waals surface area contributed by atoms with Crippen LogP contribution in [0.15, 0.2) is 12.7 Å². The molecule has 0 bridgehead atoms. The first kappa shape index (κ1) is 19.6. The summed E-state index contributed by atoms with van der Waals surface area (Å²) in [6.45, 7) is 0. The molecule has 1 aliphatic heterocycles. The zero-order valence-corrected chi connectivity index (χ0v) is 15.4. The number of carbonyl (C=O) groups is 1. The first-order valence-electron chi connectivity index (χ1n) is 8.13. The van der Waals surface area contributed by atoms with E-state index in [1.165, 1.54) is 17.3 Å². The maximum Gasteiger partial charge on any atom is 0.320 e. The predicted molar refractivity (Wildman–Crippen MR) is 98.1 cm³/mol. The zero-order chi connectivity index (χ0) is 19.7. The zero-order valence-electron chi connectivity index (χ0n) is 14.5. The van der Waals surface area contributed by atoms with E-state index in [0.29, 0.717) is 29.1 Å². The van der Waals surface area contributed by atoms with E-state index in [1.54, 1.807) is 0 Å². The molecule has 0 radical (unpaired) electrons. The number of aromatic nitrogens is 4. The van der Waals surface area contributed by atoms with Crippen LogP contribution in [0.4, 0.5) is 5.82 Å². The minimum Gasteiger partial charge on any atom is -0.480 e. The highest BCUT2D eigenvalue weighted by Crippen LogP contribution is 2.24. The van der Waals surface area contributed by atoms with Crippen molar-refractivity contribution < 1.29 is 25.0 Å². The lowest BCUT2D eigenvalue weighted by Gasteiger charge is -2.21. The van der Waals surface area contributed by atoms with Crippen LogP contribution in [-0.2, 0) is 20.5 Å². The van der Waals surface area contributed by atoms with Gasteiger partial charge in [-0.25, -0.2) is 19.8 Å². The van der Waals surface area contributed by atoms with Gasteiger partial charge >= 0.3 is 5.97 Å². The molecule has 1 fully saturated rings. The molecular formula is C14H22N7O5S+. The molecule has 7 N–H and O–H groups in total. The number of rotatable bonds is 7. The molecule has 3 rings (SSSR count). The highest BCUT2D eigenvalue weighted by molar-refractivity contribution is 7.96. The number of carboxylic acids is 1. The Morgan fingerprint density at radius 3 is 2.85 bits per heavy atom. The van der Waals surface area contributed by atoms with Crippen molar-refractivity contribution in [2.24, 2.45) is 5.73 Å². The number of aliphatic carboxylic acids is 1. The van der Waals surface area contributed by atoms with E-state index in [0.717, 1.165) is 5.17 Å². The quantitative estimate of drug-likeness (QED) is 0.306. The highest BCUT2D eigenvalue weighted by atomic mass is 32.2. The maximum atomic E-state index is 10.8. The van der Waals surface area contributed by atoms with Gasteiger partial charge in [0.15, 0.2) is 29.3 Å². The molecule has 148 valence electrons. The van der Waals surface area contributed by atoms with Crippen molar-refractivity contribution in [3.63, 3.8) is 0 Å². The fourth-order valence-electron chi connectivity index (χ4n) is 2.69. The van der Waals surface area contributed by atoms with Crippen LogP contribution in [0.25, 0.3) is 11.2 Å². The van der Waals surface area contributed by atoms with Crippen molar-refractivity contribution in [1.82, 2.24) is 19.6 Å². The molecule has 3 heterocycles. The number of nitrogen functional groups attached to an aromatic ring is 1. The normalized spacial score (nSPS) is 25.0. The Labute approximate surface area is 157 Å². The second-order valence-electron chi connectivity index (χ2n) is 6.26. The molecule has 12 nitrogen and oxygen atoms in total. The van der Waals surface area contributed by atoms with Gasteiger partial charge in [-0.2, -0.15) is 9.85 Å². The molecule has 0 amide bonds. The first-order chi connectivity index (χ1) is 12.8. The number of carboxylic acid groups (broad SMARTS) is 1. The summed E-state index contributed by atoms with van der Waals surface area (Å²) in [5.74, 6) is 0.159. The molecule has 0 spiro atoms. The van der Waals surface area contributed by atoms with Crippen molar-refractivity contribution in [1.29, 1.82) is 0 Å². The van der Waals surface area contributed by atoms with Crippen LogP contribution in [0.2, 0.25) is 0 Å². The van der Waals surface area contributed by atoms with Crippen molar-refractivity contribution in [3.05, 3.63) is 12.7 Å². The summed E-state index contributed by atoms with van der Waals surface area (Å²) in [5, 5.41) is 30.7. The van der Waals surface area contributed by atoms with Crippen molar-refractivity contribution >= 4 is 33.8 Å². The third-order valence-electron chi connectivity index (χ3n) is 4.26. The van der Waals surface area contributed by atoms with Crippen LogP contribution in [0.5, 0.6) is 0 Å². The van der Waals surface area contributed by atoms with Crippen molar-refractivity contribution in [2.45, 2.75) is 30.9 Å². The lowest BCUT2D eigenvalue weighted by molar-refractivity contribution is -0.138. The monoisotopic (exact) mass is 400 g/mol. The highest BCUT2D eigenvalue weighted by Gasteiger charge is 2.45. The van der Waals surface area contributed by atoms with E-state index in [4.69, 9.17) is 21.4 Å². The van der Waals surface area contributed by atoms with E-state index < -0.39 is 30.4 Å². The third kappa shape index (κ3) is 3.91. The van der Waals surface area contributed by atoms with Crippen molar-refractivity contribution in [2.75, 3.05) is 28.7 Å². The molecule has 5 atom stereocenters. The number of hydroxylamine groups is 1. The summed E-state index contributed by atoms with van der Waals surface area (Å²) in [6, 6.07) is -0.918. The van der Waals surface area contributed by atoms with E-state index in [-0.39, 0.29) is 16.7 Å². The average Bonchev–Trinajstić information content (AvgIpc) is 3.17. The lowest BCUT2D eigenvalue weighted by Crippen LogP contribution is -2.42. The number of nitrogens with two attached hydrogens (primary N) is 2. The van der Waals surface area contributed by atoms with E-state index in [9.17, 15) is 15.0 Å². The summed E-state index contributed by atoms with van der Waals surface area (Å²) in [5.41, 5.74) is 12.0. The van der Waals surface area contributed by atoms with Gasteiger partial charge in [-0.15, -0.1) is 0 Å². The van der Waals surface area contributed by atoms with Gasteiger partial charge in [-0.05, 0) is 10.9 Å². The number of aliphatic hydroxyl groups excluding tert-OH is 2. The fourth-order valence-corrected chi connectivity index (χ4v) is 4.34. The Bertz CT molecular complexity index is 820. The second-order valence-corrected chi connectivity index (χ2v) is 8.56. The number of hydrogen-bond donors (Lipinski definition) is 5. The Morgan fingerprint density at radius 1 is 1.41 bits per heavy atom. The lowest BCUT2D eigenvalue weighted by atomic mass is 10.2. The number of imidazole rings is 1. The van der Waals surface area contributed by atoms with Gasteiger partial charge < -0.3 is 26.8 Å². The number of aliphatic hydroxyl groups is 2. The molecule has 2 aromatic rings. The van der Waals surface area contributed by atoms with Crippen LogP contribution in [0.3, 0.4) is 0 Å². The smallest absolute Gasteiger partial charge is 0.320 e. The molecule has 1 unspecified atom stereocenters. The van der Waals surface area contributed by atoms with E-state index in [1.807, 2.05) is 6.26 Å². The van der Waals surface area contributed by atoms with Crippen LogP contribution >= 0.6 is 0 Å². The predicted octanol–water partition coefficient (Wildman–Crippen LogP) is -2.61. The molecule has 0 aromatic carbocycles. The molecule has 1 aliphatic rings. The Kier molecular flexibility index (Phi) is 5.67. The molecule has 13 heteroatoms. The van der Waals surface area contributed by atoms with E-state index >= 15 is 0 Å². The summed E-state index contributed by atoms with van der Waals surface area (Å²) < 4.78 is 1.36. The largest absolute Gasteiger partial charge is 0.480 e. The number of nitrogens with zero attached hydrogens (tertiary/aromatic N) is 5. The van der Waals surface area contributed by atoms with Crippen LogP contribution in [0.1, 0.15) is 6.42 Å². The summed E-state index contributed by atoms with van der Waals surface area (Å²) in [4.78, 5) is 28.6. The third-order valence-corrected chi connectivity index (χ3v) is 6.09. The number of anilines is 1. The van der Waals surface area contributed by atoms with Gasteiger partial charge in [0, 0.05) is 6.42 Å². The SMILES string of the molecule is C[S+](CC[C@H](N)C(=O)O)C[C@H]1ON(n2cnc3c(N)ncnc32)[C@H](O)[C@@H]1O. The van der Waals surface area contributed by atoms with Gasteiger partial charge in [0.2, 0.25) is 0 Å². The van der Waals surface area contributed by atoms with Crippen LogP contribution < -0.4 is 16.6 Å². The van der Waals surface area contributed by atoms with Gasteiger partial charge in [-0.1, -0.05) is 0 Å². The fraction of sp³-hybridized carbons (Fsp3) is 0.571. The summed E-state index contributed by atoms with van der Waals surface area (Å²) in [7, 11) is -0.262. The summed E-state index contributed by atoms with van der Waals surface area (Å²) >= 11 is 0. The van der Waals surface area contributed by atoms with Gasteiger partial charge in [0.05, 0.1) is 6.26 Å². The maximum absolute atomic E-state index is 10.8. The van der Waals surface area contributed by atoms with Gasteiger partial charge in [0.1, 0.15) is 36.3 Å². The number of hydrogen-bond acceptors (Lipinski definition) is 10. The molecule has 1 saturated heterocycles. The Hall–Kier alpha value is -2.19. The first-order valence-corrected chi connectivity index (χ1v) is 10.1.